The molecule has 0 amide bonds. The molecule has 1 aliphatic carbocycles. The lowest BCUT2D eigenvalue weighted by atomic mass is 9.88. The first-order valence-corrected chi connectivity index (χ1v) is 5.81. The van der Waals surface area contributed by atoms with E-state index in [1.807, 2.05) is 18.2 Å². The number of hydrogen-bond donors (Lipinski definition) is 2. The topological polar surface area (TPSA) is 32.3 Å². The van der Waals surface area contributed by atoms with Gasteiger partial charge in [-0.15, -0.1) is 0 Å². The number of nitrogens with one attached hydrogen (secondary N) is 1. The molecule has 16 heavy (non-hydrogen) atoms. The fourth-order valence-corrected chi connectivity index (χ4v) is 2.75. The van der Waals surface area contributed by atoms with Crippen molar-refractivity contribution in [1.29, 1.82) is 0 Å². The van der Waals surface area contributed by atoms with E-state index in [-0.39, 0.29) is 0 Å². The largest absolute Gasteiger partial charge is 0.291 e. The van der Waals surface area contributed by atoms with E-state index in [1.165, 1.54) is 16.5 Å². The molecule has 0 fully saturated rings. The third-order valence-corrected chi connectivity index (χ3v) is 3.51. The van der Waals surface area contributed by atoms with Crippen LogP contribution in [0.2, 0.25) is 5.02 Å². The van der Waals surface area contributed by atoms with Gasteiger partial charge in [-0.25, -0.2) is 0 Å². The lowest BCUT2D eigenvalue weighted by Crippen LogP contribution is -2.08. The number of hydrogen-bond acceptors (Lipinski definition) is 2. The summed E-state index contributed by atoms with van der Waals surface area (Å²) in [6.45, 7) is 0. The fourth-order valence-electron chi connectivity index (χ4n) is 2.57. The first kappa shape index (κ1) is 9.94. The Labute approximate surface area is 98.8 Å². The third-order valence-electron chi connectivity index (χ3n) is 3.28. The predicted octanol–water partition coefficient (Wildman–Crippen LogP) is 3.78. The second-order valence-electron chi connectivity index (χ2n) is 4.22. The molecule has 1 aliphatic rings. The van der Waals surface area contributed by atoms with E-state index < -0.39 is 0 Å². The second kappa shape index (κ2) is 3.65. The first-order chi connectivity index (χ1) is 7.79. The molecule has 2 bridgehead atoms. The van der Waals surface area contributed by atoms with Crippen molar-refractivity contribution in [3.63, 3.8) is 0 Å². The Kier molecular flexibility index (Phi) is 2.27. The van der Waals surface area contributed by atoms with Gasteiger partial charge in [-0.1, -0.05) is 17.7 Å². The van der Waals surface area contributed by atoms with Gasteiger partial charge in [0.25, 0.3) is 0 Å². The van der Waals surface area contributed by atoms with Crippen LogP contribution >= 0.6 is 11.6 Å². The van der Waals surface area contributed by atoms with Gasteiger partial charge >= 0.3 is 0 Å². The highest BCUT2D eigenvalue weighted by molar-refractivity contribution is 6.31. The Bertz CT molecular complexity index is 565. The van der Waals surface area contributed by atoms with Gasteiger partial charge in [-0.2, -0.15) is 0 Å². The van der Waals surface area contributed by atoms with Crippen molar-refractivity contribution in [3.05, 3.63) is 40.4 Å². The van der Waals surface area contributed by atoms with Crippen molar-refractivity contribution in [2.75, 3.05) is 5.48 Å². The summed E-state index contributed by atoms with van der Waals surface area (Å²) in [7, 11) is 0. The van der Waals surface area contributed by atoms with Gasteiger partial charge in [-0.05, 0) is 59.4 Å². The standard InChI is InChI=1S/C13H12ClNO/c14-10-4-5-11-9(7-10)6-8-2-1-3-12(11)13(8)15-16/h4-7,15-16H,1-3H2. The van der Waals surface area contributed by atoms with E-state index in [0.717, 1.165) is 35.4 Å². The van der Waals surface area contributed by atoms with Gasteiger partial charge in [0.1, 0.15) is 0 Å². The van der Waals surface area contributed by atoms with Crippen LogP contribution in [0.15, 0.2) is 24.3 Å². The molecule has 3 rings (SSSR count). The number of halogens is 1. The van der Waals surface area contributed by atoms with E-state index in [2.05, 4.69) is 11.5 Å². The van der Waals surface area contributed by atoms with Crippen molar-refractivity contribution in [1.82, 2.24) is 0 Å². The molecule has 2 aromatic carbocycles. The van der Waals surface area contributed by atoms with Gasteiger partial charge in [0.2, 0.25) is 0 Å². The Balaban J connectivity index is 2.39. The van der Waals surface area contributed by atoms with E-state index in [9.17, 15) is 5.21 Å². The molecule has 0 unspecified atom stereocenters. The second-order valence-corrected chi connectivity index (χ2v) is 4.66. The summed E-state index contributed by atoms with van der Waals surface area (Å²) in [6.07, 6.45) is 3.17. The molecule has 3 heteroatoms. The zero-order valence-corrected chi connectivity index (χ0v) is 9.51. The van der Waals surface area contributed by atoms with E-state index in [1.54, 1.807) is 0 Å². The zero-order valence-electron chi connectivity index (χ0n) is 8.76. The molecule has 0 radical (unpaired) electrons. The van der Waals surface area contributed by atoms with Crippen LogP contribution in [0.5, 0.6) is 0 Å². The molecule has 0 saturated heterocycles. The van der Waals surface area contributed by atoms with Gasteiger partial charge in [0.05, 0.1) is 5.69 Å². The van der Waals surface area contributed by atoms with E-state index >= 15 is 0 Å². The lowest BCUT2D eigenvalue weighted by Gasteiger charge is -2.21. The van der Waals surface area contributed by atoms with Crippen molar-refractivity contribution in [3.8, 4) is 0 Å². The maximum Gasteiger partial charge on any atom is 0.0672 e. The highest BCUT2D eigenvalue weighted by Gasteiger charge is 2.17. The highest BCUT2D eigenvalue weighted by atomic mass is 35.5. The van der Waals surface area contributed by atoms with Crippen LogP contribution in [0.1, 0.15) is 17.5 Å². The average Bonchev–Trinajstić information content (AvgIpc) is 2.28. The van der Waals surface area contributed by atoms with Gasteiger partial charge in [-0.3, -0.25) is 10.7 Å². The highest BCUT2D eigenvalue weighted by Crippen LogP contribution is 2.36. The number of anilines is 1. The average molecular weight is 234 g/mol. The molecule has 0 aromatic heterocycles. The van der Waals surface area contributed by atoms with Crippen LogP contribution in [0.3, 0.4) is 0 Å². The number of fused-ring (bicyclic) bond motifs is 4. The molecule has 0 saturated carbocycles. The molecule has 82 valence electrons. The van der Waals surface area contributed by atoms with Crippen molar-refractivity contribution in [2.24, 2.45) is 0 Å². The van der Waals surface area contributed by atoms with E-state index in [4.69, 9.17) is 11.6 Å². The smallest absolute Gasteiger partial charge is 0.0672 e. The minimum absolute atomic E-state index is 0.759. The number of benzene rings is 2. The Morgan fingerprint density at radius 2 is 2.06 bits per heavy atom. The molecule has 0 atom stereocenters. The van der Waals surface area contributed by atoms with Crippen LogP contribution < -0.4 is 5.48 Å². The van der Waals surface area contributed by atoms with Gasteiger partial charge in [0, 0.05) is 5.02 Å². The molecule has 2 N–H and O–H groups in total. The Hall–Kier alpha value is -1.25. The fraction of sp³-hybridized carbons (Fsp3) is 0.231. The quantitative estimate of drug-likeness (QED) is 0.735. The summed E-state index contributed by atoms with van der Waals surface area (Å²) < 4.78 is 0. The first-order valence-electron chi connectivity index (χ1n) is 5.44. The van der Waals surface area contributed by atoms with E-state index in [0.29, 0.717) is 0 Å². The molecule has 0 heterocycles. The molecular formula is C13H12ClNO. The summed E-state index contributed by atoms with van der Waals surface area (Å²) >= 11 is 5.99. The number of aryl methyl sites for hydroxylation is 2. The van der Waals surface area contributed by atoms with Crippen LogP contribution in [0, 0.1) is 0 Å². The minimum Gasteiger partial charge on any atom is -0.291 e. The molecule has 0 aliphatic heterocycles. The van der Waals surface area contributed by atoms with Crippen LogP contribution in [0.25, 0.3) is 10.8 Å². The van der Waals surface area contributed by atoms with Crippen molar-refractivity contribution < 1.29 is 5.21 Å². The summed E-state index contributed by atoms with van der Waals surface area (Å²) in [5.74, 6) is 0. The SMILES string of the molecule is ONc1c2cc3cc(Cl)ccc3c1CCC2. The number of rotatable bonds is 1. The summed E-state index contributed by atoms with van der Waals surface area (Å²) in [5, 5.41) is 12.3. The summed E-state index contributed by atoms with van der Waals surface area (Å²) in [6, 6.07) is 8.03. The van der Waals surface area contributed by atoms with Crippen LogP contribution in [0.4, 0.5) is 5.69 Å². The summed E-state index contributed by atoms with van der Waals surface area (Å²) in [4.78, 5) is 0. The zero-order chi connectivity index (χ0) is 11.1. The van der Waals surface area contributed by atoms with Crippen LogP contribution in [-0.4, -0.2) is 5.21 Å². The lowest BCUT2D eigenvalue weighted by molar-refractivity contribution is 0.386. The maximum atomic E-state index is 9.20. The normalized spacial score (nSPS) is 14.1. The summed E-state index contributed by atoms with van der Waals surface area (Å²) in [5.41, 5.74) is 5.62. The molecule has 0 spiro atoms. The predicted molar refractivity (Wildman–Crippen MR) is 66.4 cm³/mol. The van der Waals surface area contributed by atoms with Gasteiger partial charge in [0.15, 0.2) is 0 Å². The Morgan fingerprint density at radius 3 is 2.88 bits per heavy atom. The minimum atomic E-state index is 0.759. The molecular weight excluding hydrogens is 222 g/mol. The monoisotopic (exact) mass is 233 g/mol. The molecule has 2 nitrogen and oxygen atoms in total. The third kappa shape index (κ3) is 1.38. The van der Waals surface area contributed by atoms with Gasteiger partial charge < -0.3 is 0 Å². The maximum absolute atomic E-state index is 9.20. The van der Waals surface area contributed by atoms with Crippen molar-refractivity contribution >= 4 is 28.1 Å². The van der Waals surface area contributed by atoms with Crippen LogP contribution in [-0.2, 0) is 12.8 Å². The molecule has 2 aromatic rings. The van der Waals surface area contributed by atoms with Crippen molar-refractivity contribution in [2.45, 2.75) is 19.3 Å². The Morgan fingerprint density at radius 1 is 1.19 bits per heavy atom.